The Hall–Kier alpha value is -1.68. The maximum atomic E-state index is 12.2. The predicted molar refractivity (Wildman–Crippen MR) is 124 cm³/mol. The summed E-state index contributed by atoms with van der Waals surface area (Å²) in [5, 5.41) is 9.01. The van der Waals surface area contributed by atoms with Crippen LogP contribution in [0.1, 0.15) is 45.4 Å². The fraction of sp³-hybridized carbons (Fsp3) is 0.682. The number of carboxylic acids is 1. The van der Waals surface area contributed by atoms with Gasteiger partial charge in [0.15, 0.2) is 0 Å². The number of carbonyl (C=O) groups is 1. The predicted octanol–water partition coefficient (Wildman–Crippen LogP) is 3.92. The summed E-state index contributed by atoms with van der Waals surface area (Å²) in [5.74, 6) is 0.276. The molecule has 0 saturated heterocycles. The number of phosphoric ester groups is 1. The smallest absolute Gasteiger partial charge is 0.472 e. The van der Waals surface area contributed by atoms with E-state index in [1.165, 1.54) is 12.8 Å². The van der Waals surface area contributed by atoms with Crippen LogP contribution >= 0.6 is 7.82 Å². The Morgan fingerprint density at radius 3 is 2.18 bits per heavy atom. The Kier molecular flexibility index (Phi) is 15.2. The van der Waals surface area contributed by atoms with Gasteiger partial charge >= 0.3 is 13.8 Å². The van der Waals surface area contributed by atoms with Crippen molar-refractivity contribution in [3.63, 3.8) is 0 Å². The van der Waals surface area contributed by atoms with E-state index in [1.54, 1.807) is 0 Å². The van der Waals surface area contributed by atoms with Crippen LogP contribution in [0.2, 0.25) is 0 Å². The number of hydrogen-bond donors (Lipinski definition) is 2. The van der Waals surface area contributed by atoms with Crippen molar-refractivity contribution in [1.29, 1.82) is 0 Å². The Morgan fingerprint density at radius 2 is 1.64 bits per heavy atom. The van der Waals surface area contributed by atoms with E-state index in [9.17, 15) is 14.3 Å². The lowest BCUT2D eigenvalue weighted by Crippen LogP contribution is -2.42. The molecule has 33 heavy (non-hydrogen) atoms. The van der Waals surface area contributed by atoms with Crippen molar-refractivity contribution >= 4 is 13.8 Å². The molecule has 11 heteroatoms. The lowest BCUT2D eigenvalue weighted by molar-refractivity contribution is -0.873. The number of rotatable bonds is 18. The van der Waals surface area contributed by atoms with E-state index in [-0.39, 0.29) is 31.7 Å². The highest BCUT2D eigenvalue weighted by Gasteiger charge is 2.31. The van der Waals surface area contributed by atoms with E-state index in [0.29, 0.717) is 23.3 Å². The maximum Gasteiger partial charge on any atom is 0.472 e. The van der Waals surface area contributed by atoms with Gasteiger partial charge in [-0.15, -0.1) is 0 Å². The SMILES string of the molecule is CCCCCCOc1cccc(OCCCOP(=O)(O)OC(CC(=O)O)C[N+](C)(C)C)c1.[OH-]. The first kappa shape index (κ1) is 31.3. The first-order valence-electron chi connectivity index (χ1n) is 11.0. The second-order valence-corrected chi connectivity index (χ2v) is 10.1. The third-order valence-corrected chi connectivity index (χ3v) is 5.39. The van der Waals surface area contributed by atoms with E-state index < -0.39 is 19.9 Å². The van der Waals surface area contributed by atoms with Crippen molar-refractivity contribution in [2.45, 2.75) is 51.6 Å². The first-order chi connectivity index (χ1) is 15.0. The fourth-order valence-corrected chi connectivity index (χ4v) is 3.90. The Morgan fingerprint density at radius 1 is 1.03 bits per heavy atom. The zero-order chi connectivity index (χ0) is 24.0. The quantitative estimate of drug-likeness (QED) is 0.177. The average molecular weight is 494 g/mol. The minimum absolute atomic E-state index is 0. The minimum Gasteiger partial charge on any atom is -0.870 e. The molecule has 0 aliphatic rings. The third kappa shape index (κ3) is 16.6. The summed E-state index contributed by atoms with van der Waals surface area (Å²) >= 11 is 0. The summed E-state index contributed by atoms with van der Waals surface area (Å²) < 4.78 is 34.0. The molecule has 0 bridgehead atoms. The van der Waals surface area contributed by atoms with Crippen LogP contribution in [0.25, 0.3) is 0 Å². The monoisotopic (exact) mass is 493 g/mol. The van der Waals surface area contributed by atoms with Crippen molar-refractivity contribution < 1.29 is 47.8 Å². The van der Waals surface area contributed by atoms with Crippen LogP contribution in [0.5, 0.6) is 11.5 Å². The van der Waals surface area contributed by atoms with Crippen LogP contribution < -0.4 is 9.47 Å². The lowest BCUT2D eigenvalue weighted by atomic mass is 10.2. The number of ether oxygens (including phenoxy) is 2. The largest absolute Gasteiger partial charge is 0.870 e. The highest BCUT2D eigenvalue weighted by molar-refractivity contribution is 7.47. The number of likely N-dealkylation sites (N-methyl/N-ethyl adjacent to an activating group) is 1. The summed E-state index contributed by atoms with van der Waals surface area (Å²) in [4.78, 5) is 21.0. The van der Waals surface area contributed by atoms with Crippen molar-refractivity contribution in [2.75, 3.05) is 47.5 Å². The van der Waals surface area contributed by atoms with Gasteiger partial charge in [0.2, 0.25) is 0 Å². The van der Waals surface area contributed by atoms with E-state index in [4.69, 9.17) is 23.6 Å². The molecule has 0 amide bonds. The molecule has 0 heterocycles. The zero-order valence-corrected chi connectivity index (χ0v) is 21.0. The zero-order valence-electron chi connectivity index (χ0n) is 20.1. The van der Waals surface area contributed by atoms with Crippen molar-refractivity contribution in [1.82, 2.24) is 0 Å². The molecule has 0 aliphatic heterocycles. The Bertz CT molecular complexity index is 724. The molecule has 0 fully saturated rings. The summed E-state index contributed by atoms with van der Waals surface area (Å²) in [6, 6.07) is 7.34. The van der Waals surface area contributed by atoms with Gasteiger partial charge in [0.1, 0.15) is 24.1 Å². The number of nitrogens with zero attached hydrogens (tertiary/aromatic N) is 1. The Balaban J connectivity index is 0.0000102. The fourth-order valence-electron chi connectivity index (χ4n) is 2.96. The topological polar surface area (TPSA) is 142 Å². The van der Waals surface area contributed by atoms with Crippen molar-refractivity contribution in [2.24, 2.45) is 0 Å². The number of benzene rings is 1. The van der Waals surface area contributed by atoms with Crippen LogP contribution in [0.3, 0.4) is 0 Å². The number of quaternary nitrogens is 1. The van der Waals surface area contributed by atoms with Crippen LogP contribution in [-0.4, -0.2) is 79.5 Å². The normalized spacial score (nSPS) is 14.1. The van der Waals surface area contributed by atoms with Crippen molar-refractivity contribution in [3.05, 3.63) is 24.3 Å². The Labute approximate surface area is 196 Å². The number of unbranched alkanes of at least 4 members (excludes halogenated alkanes) is 3. The van der Waals surface area contributed by atoms with Gasteiger partial charge in [-0.1, -0.05) is 32.3 Å². The summed E-state index contributed by atoms with van der Waals surface area (Å²) in [6.07, 6.45) is 3.59. The standard InChI is InChI=1S/C22H38NO8P.H2O/c1-5-6-7-8-13-28-19-11-9-12-20(16-19)29-14-10-15-30-32(26,27)31-21(17-22(24)25)18-23(2,3)4;/h9,11-12,16,21H,5-8,10,13-15,17-18H2,1-4H3,(H-,24,25,26,27);1H2. The van der Waals surface area contributed by atoms with Gasteiger partial charge in [-0.05, 0) is 18.6 Å². The molecule has 0 saturated carbocycles. The lowest BCUT2D eigenvalue weighted by Gasteiger charge is -2.29. The van der Waals surface area contributed by atoms with Gasteiger partial charge in [-0.3, -0.25) is 13.8 Å². The van der Waals surface area contributed by atoms with Gasteiger partial charge in [0.25, 0.3) is 0 Å². The number of phosphoric acid groups is 1. The molecule has 3 N–H and O–H groups in total. The molecule has 192 valence electrons. The number of carboxylic acid groups (broad SMARTS) is 1. The molecule has 1 rings (SSSR count). The average Bonchev–Trinajstić information content (AvgIpc) is 2.65. The van der Waals surface area contributed by atoms with Gasteiger partial charge in [-0.2, -0.15) is 0 Å². The highest BCUT2D eigenvalue weighted by atomic mass is 31.2. The molecule has 2 atom stereocenters. The van der Waals surface area contributed by atoms with Crippen LogP contribution in [0.4, 0.5) is 0 Å². The van der Waals surface area contributed by atoms with Gasteiger partial charge in [0.05, 0.1) is 47.4 Å². The van der Waals surface area contributed by atoms with Gasteiger partial charge < -0.3 is 29.4 Å². The molecule has 2 unspecified atom stereocenters. The van der Waals surface area contributed by atoms with Crippen molar-refractivity contribution in [3.8, 4) is 11.5 Å². The summed E-state index contributed by atoms with van der Waals surface area (Å²) in [7, 11) is 1.13. The minimum atomic E-state index is -4.38. The molecule has 0 aliphatic carbocycles. The molecule has 0 aromatic heterocycles. The van der Waals surface area contributed by atoms with E-state index in [2.05, 4.69) is 6.92 Å². The highest BCUT2D eigenvalue weighted by Crippen LogP contribution is 2.45. The molecule has 0 radical (unpaired) electrons. The molecule has 1 aromatic rings. The second-order valence-electron chi connectivity index (χ2n) is 8.69. The first-order valence-corrected chi connectivity index (χ1v) is 12.5. The van der Waals surface area contributed by atoms with Crippen LogP contribution in [0.15, 0.2) is 24.3 Å². The van der Waals surface area contributed by atoms with Gasteiger partial charge in [0, 0.05) is 12.5 Å². The third-order valence-electron chi connectivity index (χ3n) is 4.32. The van der Waals surface area contributed by atoms with E-state index in [0.717, 1.165) is 18.6 Å². The molecular weight excluding hydrogens is 453 g/mol. The van der Waals surface area contributed by atoms with E-state index >= 15 is 0 Å². The van der Waals surface area contributed by atoms with E-state index in [1.807, 2.05) is 45.4 Å². The molecule has 10 nitrogen and oxygen atoms in total. The van der Waals surface area contributed by atoms with Gasteiger partial charge in [-0.25, -0.2) is 4.57 Å². The molecule has 0 spiro atoms. The second kappa shape index (κ2) is 16.0. The summed E-state index contributed by atoms with van der Waals surface area (Å²) in [5.41, 5.74) is 0. The van der Waals surface area contributed by atoms with Crippen LogP contribution in [0, 0.1) is 0 Å². The number of hydrogen-bond acceptors (Lipinski definition) is 7. The molecule has 1 aromatic carbocycles. The number of aliphatic carboxylic acids is 1. The summed E-state index contributed by atoms with van der Waals surface area (Å²) in [6.45, 7) is 3.30. The molecular formula is C22H40NO9P. The van der Waals surface area contributed by atoms with Crippen LogP contribution in [-0.2, 0) is 18.4 Å². The maximum absolute atomic E-state index is 12.2.